The Balaban J connectivity index is 1.44. The van der Waals surface area contributed by atoms with Crippen LogP contribution in [0.2, 0.25) is 0 Å². The molecular formula is C18H27N3O3. The second kappa shape index (κ2) is 8.05. The Kier molecular flexibility index (Phi) is 5.81. The van der Waals surface area contributed by atoms with Crippen LogP contribution >= 0.6 is 0 Å². The van der Waals surface area contributed by atoms with Crippen LogP contribution in [0.1, 0.15) is 24.8 Å². The molecule has 0 spiro atoms. The van der Waals surface area contributed by atoms with Crippen molar-refractivity contribution in [3.05, 3.63) is 30.1 Å². The van der Waals surface area contributed by atoms with E-state index < -0.39 is 0 Å². The van der Waals surface area contributed by atoms with Crippen LogP contribution in [0.25, 0.3) is 0 Å². The molecule has 0 aromatic carbocycles. The number of nitrogens with zero attached hydrogens (tertiary/aromatic N) is 3. The van der Waals surface area contributed by atoms with Crippen LogP contribution in [-0.2, 0) is 20.8 Å². The van der Waals surface area contributed by atoms with Crippen molar-refractivity contribution < 1.29 is 14.3 Å². The summed E-state index contributed by atoms with van der Waals surface area (Å²) in [6.45, 7) is 2.65. The van der Waals surface area contributed by atoms with Gasteiger partial charge >= 0.3 is 0 Å². The third-order valence-electron chi connectivity index (χ3n) is 4.89. The molecule has 1 aromatic heterocycles. The number of likely N-dealkylation sites (N-methyl/N-ethyl adjacent to an activating group) is 1. The largest absolute Gasteiger partial charge is 0.371 e. The van der Waals surface area contributed by atoms with E-state index in [4.69, 9.17) is 9.47 Å². The number of pyridine rings is 1. The fourth-order valence-corrected chi connectivity index (χ4v) is 3.54. The van der Waals surface area contributed by atoms with E-state index in [2.05, 4.69) is 16.0 Å². The zero-order chi connectivity index (χ0) is 16.9. The SMILES string of the molecule is CN(C)C(=O)COC[C@H]1CC[C@@H]2[C@@H](CCN2Cc2cccnc2)O1. The molecule has 0 aliphatic carbocycles. The number of carbonyl (C=O) groups is 1. The number of carbonyl (C=O) groups excluding carboxylic acids is 1. The van der Waals surface area contributed by atoms with Crippen LogP contribution in [0, 0.1) is 0 Å². The number of aromatic nitrogens is 1. The van der Waals surface area contributed by atoms with Gasteiger partial charge in [-0.25, -0.2) is 0 Å². The van der Waals surface area contributed by atoms with E-state index in [-0.39, 0.29) is 24.7 Å². The van der Waals surface area contributed by atoms with Gasteiger partial charge in [0.15, 0.2) is 0 Å². The standard InChI is InChI=1S/C18H27N3O3/c1-20(2)18(22)13-23-12-15-5-6-16-17(24-15)7-9-21(16)11-14-4-3-8-19-10-14/h3-4,8,10,15-17H,5-7,9,11-13H2,1-2H3/t15-,16-,17-/m1/s1. The molecule has 2 saturated heterocycles. The van der Waals surface area contributed by atoms with Gasteiger partial charge in [0.05, 0.1) is 18.8 Å². The van der Waals surface area contributed by atoms with Crippen molar-refractivity contribution in [2.75, 3.05) is 33.9 Å². The number of hydrogen-bond acceptors (Lipinski definition) is 5. The monoisotopic (exact) mass is 333 g/mol. The first kappa shape index (κ1) is 17.3. The van der Waals surface area contributed by atoms with E-state index in [1.807, 2.05) is 18.5 Å². The summed E-state index contributed by atoms with van der Waals surface area (Å²) < 4.78 is 11.7. The Morgan fingerprint density at radius 2 is 2.29 bits per heavy atom. The maximum atomic E-state index is 11.5. The molecule has 6 heteroatoms. The lowest BCUT2D eigenvalue weighted by Crippen LogP contribution is -2.43. The van der Waals surface area contributed by atoms with Crippen molar-refractivity contribution in [1.29, 1.82) is 0 Å². The first-order valence-electron chi connectivity index (χ1n) is 8.70. The number of rotatable bonds is 6. The summed E-state index contributed by atoms with van der Waals surface area (Å²) in [6.07, 6.45) is 7.33. The van der Waals surface area contributed by atoms with E-state index in [0.29, 0.717) is 12.6 Å². The van der Waals surface area contributed by atoms with Crippen LogP contribution in [0.15, 0.2) is 24.5 Å². The van der Waals surface area contributed by atoms with Gasteiger partial charge in [0, 0.05) is 45.6 Å². The van der Waals surface area contributed by atoms with Crippen molar-refractivity contribution >= 4 is 5.91 Å². The minimum Gasteiger partial charge on any atom is -0.371 e. The third kappa shape index (κ3) is 4.32. The molecule has 0 radical (unpaired) electrons. The molecule has 1 amide bonds. The summed E-state index contributed by atoms with van der Waals surface area (Å²) in [6, 6.07) is 4.61. The Labute approximate surface area is 143 Å². The highest BCUT2D eigenvalue weighted by Crippen LogP contribution is 2.32. The van der Waals surface area contributed by atoms with E-state index in [9.17, 15) is 4.79 Å². The molecule has 2 aliphatic rings. The molecule has 6 nitrogen and oxygen atoms in total. The molecule has 24 heavy (non-hydrogen) atoms. The summed E-state index contributed by atoms with van der Waals surface area (Å²) >= 11 is 0. The van der Waals surface area contributed by atoms with Crippen molar-refractivity contribution in [3.63, 3.8) is 0 Å². The lowest BCUT2D eigenvalue weighted by molar-refractivity contribution is -0.138. The third-order valence-corrected chi connectivity index (χ3v) is 4.89. The molecule has 3 atom stereocenters. The predicted octanol–water partition coefficient (Wildman–Crippen LogP) is 1.31. The zero-order valence-corrected chi connectivity index (χ0v) is 14.6. The first-order valence-corrected chi connectivity index (χ1v) is 8.70. The quantitative estimate of drug-likeness (QED) is 0.786. The van der Waals surface area contributed by atoms with Gasteiger partial charge in [-0.3, -0.25) is 14.7 Å². The van der Waals surface area contributed by atoms with E-state index in [1.165, 1.54) is 5.56 Å². The lowest BCUT2D eigenvalue weighted by Gasteiger charge is -2.36. The highest BCUT2D eigenvalue weighted by molar-refractivity contribution is 5.76. The first-order chi connectivity index (χ1) is 11.6. The normalized spacial score (nSPS) is 27.0. The van der Waals surface area contributed by atoms with Gasteiger partial charge in [-0.1, -0.05) is 6.07 Å². The van der Waals surface area contributed by atoms with Gasteiger partial charge in [0.1, 0.15) is 6.61 Å². The fraction of sp³-hybridized carbons (Fsp3) is 0.667. The zero-order valence-electron chi connectivity index (χ0n) is 14.6. The van der Waals surface area contributed by atoms with Gasteiger partial charge in [0.2, 0.25) is 5.91 Å². The molecule has 2 fully saturated rings. The summed E-state index contributed by atoms with van der Waals surface area (Å²) in [4.78, 5) is 19.8. The van der Waals surface area contributed by atoms with Gasteiger partial charge in [-0.05, 0) is 30.9 Å². The van der Waals surface area contributed by atoms with Gasteiger partial charge in [-0.2, -0.15) is 0 Å². The maximum absolute atomic E-state index is 11.5. The van der Waals surface area contributed by atoms with Gasteiger partial charge in [0.25, 0.3) is 0 Å². The number of fused-ring (bicyclic) bond motifs is 1. The average Bonchev–Trinajstić information content (AvgIpc) is 2.98. The van der Waals surface area contributed by atoms with E-state index in [0.717, 1.165) is 32.4 Å². The number of amides is 1. The van der Waals surface area contributed by atoms with Crippen LogP contribution in [0.3, 0.4) is 0 Å². The molecule has 2 aliphatic heterocycles. The summed E-state index contributed by atoms with van der Waals surface area (Å²) in [5.74, 6) is -0.00722. The van der Waals surface area contributed by atoms with Crippen LogP contribution in [0.4, 0.5) is 0 Å². The minimum atomic E-state index is -0.00722. The molecular weight excluding hydrogens is 306 g/mol. The number of hydrogen-bond donors (Lipinski definition) is 0. The average molecular weight is 333 g/mol. The Morgan fingerprint density at radius 1 is 1.42 bits per heavy atom. The Morgan fingerprint density at radius 3 is 3.04 bits per heavy atom. The van der Waals surface area contributed by atoms with Crippen molar-refractivity contribution in [2.24, 2.45) is 0 Å². The van der Waals surface area contributed by atoms with Crippen molar-refractivity contribution in [1.82, 2.24) is 14.8 Å². The van der Waals surface area contributed by atoms with Gasteiger partial charge < -0.3 is 14.4 Å². The summed E-state index contributed by atoms with van der Waals surface area (Å²) in [5, 5.41) is 0. The molecule has 0 N–H and O–H groups in total. The van der Waals surface area contributed by atoms with Gasteiger partial charge in [-0.15, -0.1) is 0 Å². The topological polar surface area (TPSA) is 54.9 Å². The summed E-state index contributed by atoms with van der Waals surface area (Å²) in [7, 11) is 3.48. The molecule has 0 saturated carbocycles. The minimum absolute atomic E-state index is 0.00722. The Bertz CT molecular complexity index is 538. The second-order valence-corrected chi connectivity index (χ2v) is 6.86. The van der Waals surface area contributed by atoms with Crippen LogP contribution in [0.5, 0.6) is 0 Å². The molecule has 1 aromatic rings. The second-order valence-electron chi connectivity index (χ2n) is 6.86. The Hall–Kier alpha value is -1.50. The highest BCUT2D eigenvalue weighted by atomic mass is 16.5. The highest BCUT2D eigenvalue weighted by Gasteiger charge is 2.39. The molecule has 0 unspecified atom stereocenters. The smallest absolute Gasteiger partial charge is 0.248 e. The van der Waals surface area contributed by atoms with Crippen molar-refractivity contribution in [3.8, 4) is 0 Å². The molecule has 132 valence electrons. The fourth-order valence-electron chi connectivity index (χ4n) is 3.54. The number of ether oxygens (including phenoxy) is 2. The van der Waals surface area contributed by atoms with E-state index >= 15 is 0 Å². The van der Waals surface area contributed by atoms with E-state index in [1.54, 1.807) is 19.0 Å². The maximum Gasteiger partial charge on any atom is 0.248 e. The predicted molar refractivity (Wildman–Crippen MR) is 90.5 cm³/mol. The van der Waals surface area contributed by atoms with Crippen LogP contribution in [-0.4, -0.2) is 72.8 Å². The van der Waals surface area contributed by atoms with Crippen molar-refractivity contribution in [2.45, 2.75) is 44.1 Å². The lowest BCUT2D eigenvalue weighted by atomic mass is 9.99. The molecule has 0 bridgehead atoms. The van der Waals surface area contributed by atoms with Crippen LogP contribution < -0.4 is 0 Å². The molecule has 3 heterocycles. The summed E-state index contributed by atoms with van der Waals surface area (Å²) in [5.41, 5.74) is 1.26. The number of likely N-dealkylation sites (tertiary alicyclic amines) is 1. The molecule has 3 rings (SSSR count).